The van der Waals surface area contributed by atoms with Gasteiger partial charge in [0.05, 0.1) is 17.1 Å². The van der Waals surface area contributed by atoms with Crippen molar-refractivity contribution in [3.8, 4) is 46.9 Å². The Kier molecular flexibility index (Phi) is 13.4. The van der Waals surface area contributed by atoms with Crippen LogP contribution in [-0.4, -0.2) is 24.1 Å². The molecule has 6 rings (SSSR count). The van der Waals surface area contributed by atoms with Gasteiger partial charge < -0.3 is 10.1 Å². The Morgan fingerprint density at radius 3 is 1.40 bits per heavy atom. The third-order valence-electron chi connectivity index (χ3n) is 8.49. The molecule has 0 saturated heterocycles. The van der Waals surface area contributed by atoms with Gasteiger partial charge in [0.25, 0.3) is 12.6 Å². The monoisotopic (exact) mass is 772 g/mol. The zero-order valence-electron chi connectivity index (χ0n) is 31.3. The van der Waals surface area contributed by atoms with E-state index in [4.69, 9.17) is 17.6 Å². The van der Waals surface area contributed by atoms with Crippen molar-refractivity contribution in [1.82, 2.24) is 10.9 Å². The minimum Gasteiger partial charge on any atom is -0.425 e. The number of hydrogen-bond donors (Lipinski definition) is 5. The fourth-order valence-corrected chi connectivity index (χ4v) is 5.44. The van der Waals surface area contributed by atoms with Crippen LogP contribution in [0.25, 0.3) is 22.3 Å². The molecule has 0 spiro atoms. The average molecular weight is 773 g/mol. The maximum Gasteiger partial charge on any atom is 0.329 e. The van der Waals surface area contributed by atoms with Crippen molar-refractivity contribution in [1.29, 1.82) is 0 Å². The van der Waals surface area contributed by atoms with Gasteiger partial charge in [-0.1, -0.05) is 0 Å². The first-order valence-electron chi connectivity index (χ1n) is 18.0. The largest absolute Gasteiger partial charge is 0.425 e. The van der Waals surface area contributed by atoms with Crippen molar-refractivity contribution in [3.63, 3.8) is 0 Å². The second-order valence-corrected chi connectivity index (χ2v) is 12.6. The molecule has 14 heteroatoms. The number of benzene rings is 2. The van der Waals surface area contributed by atoms with E-state index in [0.29, 0.717) is 35.8 Å². The molecule has 58 heavy (non-hydrogen) atoms. The number of ether oxygens (including phenoxy) is 1. The highest BCUT2D eigenvalue weighted by Gasteiger charge is 2.14. The first-order valence-corrected chi connectivity index (χ1v) is 18.0. The van der Waals surface area contributed by atoms with Crippen molar-refractivity contribution in [2.24, 2.45) is 4.99 Å². The van der Waals surface area contributed by atoms with Crippen molar-refractivity contribution < 1.29 is 37.4 Å². The van der Waals surface area contributed by atoms with Gasteiger partial charge in [-0.05, 0) is 82.6 Å². The molecule has 14 nitrogen and oxygen atoms in total. The van der Waals surface area contributed by atoms with Crippen LogP contribution in [0.15, 0.2) is 152 Å². The second kappa shape index (κ2) is 19.8. The van der Waals surface area contributed by atoms with Gasteiger partial charge in [-0.2, -0.15) is 18.3 Å². The molecular weight excluding hydrogens is 733 g/mol. The molecule has 0 aliphatic rings. The maximum atomic E-state index is 12.7. The molecule has 4 heterocycles. The van der Waals surface area contributed by atoms with E-state index in [1.165, 1.54) is 6.40 Å². The van der Waals surface area contributed by atoms with Gasteiger partial charge >= 0.3 is 11.8 Å². The van der Waals surface area contributed by atoms with Gasteiger partial charge in [-0.25, -0.2) is 4.99 Å². The number of rotatable bonds is 15. The predicted octanol–water partition coefficient (Wildman–Crippen LogP) is 3.00. The lowest BCUT2D eigenvalue weighted by molar-refractivity contribution is -0.726. The highest BCUT2D eigenvalue weighted by Crippen LogP contribution is 2.18. The summed E-state index contributed by atoms with van der Waals surface area (Å²) in [6, 6.07) is 29.3. The van der Waals surface area contributed by atoms with E-state index >= 15 is 0 Å². The van der Waals surface area contributed by atoms with E-state index in [9.17, 15) is 14.4 Å². The standard InChI is InChI=1S/C44H36N10O4/c1-3-21-51-23-13-34(14-24-51)36-17-27-53(28-18-36)31-42(55)46-39-7-11-41(12-8-39)48-50-44(57)43(56)49-47-40-9-5-38(6-10-40)45-32-58-33-54-29-19-37(20-30-54)35-15-25-52(22-4-2)26-16-35/h1-2,5-20,23-30,32H,21-22,31,33H2,(H,46,50,55,57)/p+4. The van der Waals surface area contributed by atoms with E-state index < -0.39 is 11.8 Å². The molecule has 0 fully saturated rings. The number of nitrogens with one attached hydrogen (secondary N) is 5. The second-order valence-electron chi connectivity index (χ2n) is 12.6. The number of nitrogens with zero attached hydrogens (tertiary/aromatic N) is 5. The molecule has 0 radical (unpaired) electrons. The number of carbonyl (C=O) groups excluding carboxylic acids is 3. The predicted molar refractivity (Wildman–Crippen MR) is 216 cm³/mol. The van der Waals surface area contributed by atoms with Crippen LogP contribution in [0.4, 0.5) is 22.7 Å². The number of hydrazine groups is 2. The lowest BCUT2D eigenvalue weighted by Crippen LogP contribution is -2.44. The number of aromatic nitrogens is 4. The highest BCUT2D eigenvalue weighted by atomic mass is 16.5. The number of pyridine rings is 4. The van der Waals surface area contributed by atoms with E-state index in [2.05, 4.69) is 43.9 Å². The van der Waals surface area contributed by atoms with Crippen molar-refractivity contribution in [2.45, 2.75) is 26.4 Å². The van der Waals surface area contributed by atoms with Crippen LogP contribution in [0.5, 0.6) is 0 Å². The summed E-state index contributed by atoms with van der Waals surface area (Å²) >= 11 is 0. The van der Waals surface area contributed by atoms with Crippen LogP contribution < -0.4 is 45.3 Å². The molecule has 0 unspecified atom stereocenters. The smallest absolute Gasteiger partial charge is 0.329 e. The SMILES string of the molecule is C#CC[n+]1ccc(-c2cc[n+](COC=Nc3ccc(NNC(=O)C(=O)NNc4ccc(NC(=O)C[n+]5ccc(-c6cc[n+](CC#C)cc6)cc5)cc4)cc3)cc2)cc1. The number of amides is 3. The number of carbonyl (C=O) groups is 3. The minimum atomic E-state index is -0.924. The average Bonchev–Trinajstić information content (AvgIpc) is 3.25. The lowest BCUT2D eigenvalue weighted by Gasteiger charge is -2.11. The normalized spacial score (nSPS) is 10.4. The van der Waals surface area contributed by atoms with E-state index in [0.717, 1.165) is 22.3 Å². The molecule has 0 bridgehead atoms. The number of anilines is 3. The highest BCUT2D eigenvalue weighted by molar-refractivity contribution is 6.35. The summed E-state index contributed by atoms with van der Waals surface area (Å²) < 4.78 is 13.1. The summed E-state index contributed by atoms with van der Waals surface area (Å²) in [4.78, 5) is 41.6. The molecule has 286 valence electrons. The van der Waals surface area contributed by atoms with Gasteiger partial charge in [0.2, 0.25) is 19.6 Å². The first kappa shape index (κ1) is 39.3. The van der Waals surface area contributed by atoms with E-state index in [1.54, 1.807) is 53.1 Å². The fraction of sp³-hybridized carbons (Fsp3) is 0.0909. The molecule has 6 aromatic rings. The molecule has 0 aliphatic heterocycles. The molecule has 2 aromatic carbocycles. The van der Waals surface area contributed by atoms with Crippen LogP contribution in [0, 0.1) is 24.7 Å². The van der Waals surface area contributed by atoms with Crippen LogP contribution >= 0.6 is 0 Å². The number of hydrogen-bond acceptors (Lipinski definition) is 7. The molecule has 3 amide bonds. The molecule has 0 atom stereocenters. The van der Waals surface area contributed by atoms with Crippen molar-refractivity contribution in [3.05, 3.63) is 147 Å². The number of terminal acetylenes is 2. The summed E-state index contributed by atoms with van der Waals surface area (Å²) in [7, 11) is 0. The lowest BCUT2D eigenvalue weighted by atomic mass is 10.1. The van der Waals surface area contributed by atoms with Gasteiger partial charge in [0.15, 0.2) is 56.0 Å². The van der Waals surface area contributed by atoms with Crippen LogP contribution in [-0.2, 0) is 45.5 Å². The van der Waals surface area contributed by atoms with Gasteiger partial charge in [-0.15, -0.1) is 12.8 Å². The van der Waals surface area contributed by atoms with Gasteiger partial charge in [0.1, 0.15) is 0 Å². The summed E-state index contributed by atoms with van der Waals surface area (Å²) in [5.41, 5.74) is 16.5. The van der Waals surface area contributed by atoms with Crippen LogP contribution in [0.3, 0.4) is 0 Å². The summed E-state index contributed by atoms with van der Waals surface area (Å²) in [6.45, 7) is 1.43. The topological polar surface area (TPSA) is 148 Å². The molecule has 5 N–H and O–H groups in total. The Hall–Kier alpha value is -8.36. The third kappa shape index (κ3) is 11.6. The van der Waals surface area contributed by atoms with Gasteiger partial charge in [0, 0.05) is 54.2 Å². The molecule has 0 saturated carbocycles. The Bertz CT molecular complexity index is 2440. The van der Waals surface area contributed by atoms with Gasteiger partial charge in [-0.3, -0.25) is 36.1 Å². The zero-order chi connectivity index (χ0) is 40.5. The van der Waals surface area contributed by atoms with Crippen molar-refractivity contribution in [2.75, 3.05) is 16.2 Å². The summed E-state index contributed by atoms with van der Waals surface area (Å²) in [6.07, 6.45) is 27.4. The summed E-state index contributed by atoms with van der Waals surface area (Å²) in [5.74, 6) is 3.16. The first-order chi connectivity index (χ1) is 28.3. The summed E-state index contributed by atoms with van der Waals surface area (Å²) in [5, 5.41) is 2.84. The van der Waals surface area contributed by atoms with Crippen LogP contribution in [0.1, 0.15) is 0 Å². The third-order valence-corrected chi connectivity index (χ3v) is 8.49. The molecule has 0 aliphatic carbocycles. The van der Waals surface area contributed by atoms with E-state index in [-0.39, 0.29) is 19.2 Å². The molecular formula is C44H40N10O4+4. The Morgan fingerprint density at radius 2 is 0.948 bits per heavy atom. The Morgan fingerprint density at radius 1 is 0.552 bits per heavy atom. The fourth-order valence-electron chi connectivity index (χ4n) is 5.44. The molecule has 4 aromatic heterocycles. The Labute approximate surface area is 335 Å². The van der Waals surface area contributed by atoms with E-state index in [1.807, 2.05) is 112 Å². The van der Waals surface area contributed by atoms with Crippen LogP contribution in [0.2, 0.25) is 0 Å². The maximum absolute atomic E-state index is 12.7. The van der Waals surface area contributed by atoms with Crippen molar-refractivity contribution >= 4 is 46.9 Å². The quantitative estimate of drug-likeness (QED) is 0.0271. The Balaban J connectivity index is 0.864. The minimum absolute atomic E-state index is 0.117. The number of aliphatic imine (C=N–C) groups is 1. The zero-order valence-corrected chi connectivity index (χ0v) is 31.3.